The number of nitrogens with zero attached hydrogens (tertiary/aromatic N) is 1. The normalized spacial score (nSPS) is 20.0. The van der Waals surface area contributed by atoms with E-state index in [4.69, 9.17) is 9.47 Å². The van der Waals surface area contributed by atoms with Crippen molar-refractivity contribution in [1.82, 2.24) is 15.5 Å². The van der Waals surface area contributed by atoms with Crippen LogP contribution in [0.4, 0.5) is 0 Å². The number of rotatable bonds is 5. The maximum Gasteiger partial charge on any atom is 0.237 e. The van der Waals surface area contributed by atoms with Gasteiger partial charge >= 0.3 is 0 Å². The molecule has 3 rings (SSSR count). The third-order valence-electron chi connectivity index (χ3n) is 4.50. The Bertz CT molecular complexity index is 702. The topological polar surface area (TPSA) is 79.9 Å². The Balaban J connectivity index is 1.77. The number of piperazine rings is 1. The molecule has 2 aliphatic heterocycles. The van der Waals surface area contributed by atoms with Gasteiger partial charge in [-0.1, -0.05) is 12.1 Å². The summed E-state index contributed by atoms with van der Waals surface area (Å²) in [5.74, 6) is 1.21. The highest BCUT2D eigenvalue weighted by atomic mass is 16.5. The van der Waals surface area contributed by atoms with Gasteiger partial charge in [-0.2, -0.15) is 0 Å². The molecule has 1 aromatic rings. The molecule has 7 nitrogen and oxygen atoms in total. The fourth-order valence-corrected chi connectivity index (χ4v) is 3.19. The van der Waals surface area contributed by atoms with Gasteiger partial charge in [-0.3, -0.25) is 14.5 Å². The third-order valence-corrected chi connectivity index (χ3v) is 4.50. The first-order valence-electron chi connectivity index (χ1n) is 8.34. The van der Waals surface area contributed by atoms with E-state index < -0.39 is 6.04 Å². The summed E-state index contributed by atoms with van der Waals surface area (Å²) in [4.78, 5) is 25.9. The number of benzene rings is 1. The minimum absolute atomic E-state index is 0.103. The van der Waals surface area contributed by atoms with E-state index >= 15 is 0 Å². The molecule has 25 heavy (non-hydrogen) atoms. The molecule has 1 unspecified atom stereocenters. The van der Waals surface area contributed by atoms with E-state index in [2.05, 4.69) is 16.7 Å². The van der Waals surface area contributed by atoms with Crippen molar-refractivity contribution in [3.8, 4) is 11.5 Å². The average Bonchev–Trinajstić information content (AvgIpc) is 2.63. The summed E-state index contributed by atoms with van der Waals surface area (Å²) in [6.45, 7) is 2.32. The first-order valence-corrected chi connectivity index (χ1v) is 8.34. The third kappa shape index (κ3) is 3.76. The molecule has 1 atom stereocenters. The number of methoxy groups -OCH3 is 1. The quantitative estimate of drug-likeness (QED) is 0.808. The van der Waals surface area contributed by atoms with Gasteiger partial charge in [-0.15, -0.1) is 0 Å². The molecule has 0 aromatic heterocycles. The minimum atomic E-state index is -0.457. The lowest BCUT2D eigenvalue weighted by Crippen LogP contribution is -2.57. The number of amides is 2. The Hall–Kier alpha value is -2.54. The molecule has 1 fully saturated rings. The molecular formula is C18H23N3O4. The van der Waals surface area contributed by atoms with Crippen LogP contribution in [0.1, 0.15) is 12.0 Å². The maximum absolute atomic E-state index is 12.2. The zero-order valence-corrected chi connectivity index (χ0v) is 14.5. The molecule has 134 valence electrons. The van der Waals surface area contributed by atoms with Crippen LogP contribution in [0.15, 0.2) is 23.8 Å². The number of ether oxygens (including phenoxy) is 2. The molecule has 0 bridgehead atoms. The lowest BCUT2D eigenvalue weighted by atomic mass is 10.0. The van der Waals surface area contributed by atoms with Crippen molar-refractivity contribution in [2.24, 2.45) is 0 Å². The zero-order chi connectivity index (χ0) is 17.8. The standard InChI is InChI=1S/C18H23N3O4/c1-19-16(22)9-14-18(23)20-6-7-21(14)10-12-8-13-4-3-5-15(24-2)17(13)25-11-12/h3-5,8,14H,6-7,9-11H2,1-2H3,(H,19,22)(H,20,23). The number of fused-ring (bicyclic) bond motifs is 1. The van der Waals surface area contributed by atoms with E-state index in [9.17, 15) is 9.59 Å². The highest BCUT2D eigenvalue weighted by Gasteiger charge is 2.32. The first-order chi connectivity index (χ1) is 12.1. The average molecular weight is 345 g/mol. The molecular weight excluding hydrogens is 322 g/mol. The summed E-state index contributed by atoms with van der Waals surface area (Å²) >= 11 is 0. The van der Waals surface area contributed by atoms with Gasteiger partial charge in [-0.25, -0.2) is 0 Å². The Morgan fingerprint density at radius 2 is 2.32 bits per heavy atom. The zero-order valence-electron chi connectivity index (χ0n) is 14.5. The Morgan fingerprint density at radius 1 is 1.48 bits per heavy atom. The van der Waals surface area contributed by atoms with Crippen LogP contribution in [-0.2, 0) is 9.59 Å². The largest absolute Gasteiger partial charge is 0.493 e. The molecule has 0 radical (unpaired) electrons. The number of carbonyl (C=O) groups is 2. The fraction of sp³-hybridized carbons (Fsp3) is 0.444. The lowest BCUT2D eigenvalue weighted by Gasteiger charge is -2.35. The molecule has 7 heteroatoms. The first kappa shape index (κ1) is 17.3. The molecule has 1 aromatic carbocycles. The Labute approximate surface area is 147 Å². The SMILES string of the molecule is CNC(=O)CC1C(=O)NCCN1CC1=Cc2cccc(OC)c2OC1. The summed E-state index contributed by atoms with van der Waals surface area (Å²) in [5.41, 5.74) is 2.03. The van der Waals surface area contributed by atoms with Crippen molar-refractivity contribution >= 4 is 17.9 Å². The summed E-state index contributed by atoms with van der Waals surface area (Å²) in [6, 6.07) is 5.30. The van der Waals surface area contributed by atoms with E-state index in [1.54, 1.807) is 14.2 Å². The Kier molecular flexibility index (Phi) is 5.23. The number of hydrogen-bond acceptors (Lipinski definition) is 5. The molecule has 2 aliphatic rings. The van der Waals surface area contributed by atoms with Crippen LogP contribution in [0.25, 0.3) is 6.08 Å². The highest BCUT2D eigenvalue weighted by Crippen LogP contribution is 2.35. The van der Waals surface area contributed by atoms with Crippen molar-refractivity contribution < 1.29 is 19.1 Å². The number of carbonyl (C=O) groups excluding carboxylic acids is 2. The Morgan fingerprint density at radius 3 is 3.08 bits per heavy atom. The van der Waals surface area contributed by atoms with Gasteiger partial charge in [-0.05, 0) is 17.7 Å². The molecule has 1 saturated heterocycles. The van der Waals surface area contributed by atoms with E-state index in [0.717, 1.165) is 16.9 Å². The van der Waals surface area contributed by atoms with Gasteiger partial charge in [0.2, 0.25) is 11.8 Å². The van der Waals surface area contributed by atoms with Crippen LogP contribution in [0.3, 0.4) is 0 Å². The van der Waals surface area contributed by atoms with Gasteiger partial charge in [0, 0.05) is 32.2 Å². The second kappa shape index (κ2) is 7.57. The molecule has 0 saturated carbocycles. The van der Waals surface area contributed by atoms with Crippen LogP contribution in [0.5, 0.6) is 11.5 Å². The number of hydrogen-bond donors (Lipinski definition) is 2. The summed E-state index contributed by atoms with van der Waals surface area (Å²) in [5, 5.41) is 5.42. The lowest BCUT2D eigenvalue weighted by molar-refractivity contribution is -0.133. The van der Waals surface area contributed by atoms with Crippen LogP contribution in [0, 0.1) is 0 Å². The van der Waals surface area contributed by atoms with Crippen LogP contribution in [0.2, 0.25) is 0 Å². The second-order valence-electron chi connectivity index (χ2n) is 6.12. The monoisotopic (exact) mass is 345 g/mol. The van der Waals surface area contributed by atoms with E-state index in [1.807, 2.05) is 23.1 Å². The van der Waals surface area contributed by atoms with Crippen LogP contribution >= 0.6 is 0 Å². The van der Waals surface area contributed by atoms with E-state index in [1.165, 1.54) is 0 Å². The van der Waals surface area contributed by atoms with E-state index in [-0.39, 0.29) is 18.2 Å². The molecule has 0 spiro atoms. The summed E-state index contributed by atoms with van der Waals surface area (Å²) < 4.78 is 11.2. The van der Waals surface area contributed by atoms with Gasteiger partial charge in [0.05, 0.1) is 19.6 Å². The van der Waals surface area contributed by atoms with Crippen molar-refractivity contribution in [3.05, 3.63) is 29.3 Å². The highest BCUT2D eigenvalue weighted by molar-refractivity contribution is 5.88. The smallest absolute Gasteiger partial charge is 0.237 e. The van der Waals surface area contributed by atoms with Crippen LogP contribution in [-0.4, -0.2) is 63.2 Å². The number of nitrogens with one attached hydrogen (secondary N) is 2. The number of para-hydroxylation sites is 1. The fourth-order valence-electron chi connectivity index (χ4n) is 3.19. The van der Waals surface area contributed by atoms with Gasteiger partial charge < -0.3 is 20.1 Å². The van der Waals surface area contributed by atoms with Crippen molar-refractivity contribution in [2.75, 3.05) is 40.4 Å². The maximum atomic E-state index is 12.2. The molecule has 2 amide bonds. The van der Waals surface area contributed by atoms with Crippen molar-refractivity contribution in [1.29, 1.82) is 0 Å². The minimum Gasteiger partial charge on any atom is -0.493 e. The van der Waals surface area contributed by atoms with Gasteiger partial charge in [0.1, 0.15) is 6.61 Å². The van der Waals surface area contributed by atoms with Gasteiger partial charge in [0.25, 0.3) is 0 Å². The second-order valence-corrected chi connectivity index (χ2v) is 6.12. The molecule has 0 aliphatic carbocycles. The predicted octanol–water partition coefficient (Wildman–Crippen LogP) is 0.408. The molecule has 2 N–H and O–H groups in total. The summed E-state index contributed by atoms with van der Waals surface area (Å²) in [6.07, 6.45) is 2.23. The summed E-state index contributed by atoms with van der Waals surface area (Å²) in [7, 11) is 3.20. The van der Waals surface area contributed by atoms with Gasteiger partial charge in [0.15, 0.2) is 11.5 Å². The van der Waals surface area contributed by atoms with Crippen molar-refractivity contribution in [2.45, 2.75) is 12.5 Å². The molecule has 2 heterocycles. The van der Waals surface area contributed by atoms with Crippen molar-refractivity contribution in [3.63, 3.8) is 0 Å². The van der Waals surface area contributed by atoms with Crippen LogP contribution < -0.4 is 20.1 Å². The predicted molar refractivity (Wildman–Crippen MR) is 93.5 cm³/mol. The van der Waals surface area contributed by atoms with E-state index in [0.29, 0.717) is 32.0 Å².